The van der Waals surface area contributed by atoms with E-state index in [0.29, 0.717) is 18.8 Å². The number of benzene rings is 1. The fourth-order valence-corrected chi connectivity index (χ4v) is 3.02. The van der Waals surface area contributed by atoms with Gasteiger partial charge in [-0.1, -0.05) is 28.1 Å². The largest absolute Gasteiger partial charge is 0.347 e. The summed E-state index contributed by atoms with van der Waals surface area (Å²) in [5.41, 5.74) is 4.30. The molecular weight excluding hydrogens is 358 g/mol. The smallest absolute Gasteiger partial charge is 0.272 e. The number of carbonyl (C=O) groups excluding carboxylic acids is 1. The van der Waals surface area contributed by atoms with E-state index in [2.05, 4.69) is 36.1 Å². The number of imidazole rings is 1. The molecule has 2 aromatic heterocycles. The van der Waals surface area contributed by atoms with Gasteiger partial charge in [-0.3, -0.25) is 9.89 Å². The Morgan fingerprint density at radius 3 is 2.91 bits per heavy atom. The molecule has 7 heteroatoms. The van der Waals surface area contributed by atoms with E-state index < -0.39 is 0 Å². The maximum absolute atomic E-state index is 12.6. The number of aromatic nitrogens is 4. The number of aromatic amines is 2. The molecule has 0 radical (unpaired) electrons. The van der Waals surface area contributed by atoms with Crippen LogP contribution < -0.4 is 0 Å². The van der Waals surface area contributed by atoms with Gasteiger partial charge in [0.25, 0.3) is 5.91 Å². The van der Waals surface area contributed by atoms with Crippen molar-refractivity contribution in [1.29, 1.82) is 0 Å². The van der Waals surface area contributed by atoms with Crippen molar-refractivity contribution >= 4 is 21.8 Å². The minimum atomic E-state index is -0.0406. The third-order valence-corrected chi connectivity index (χ3v) is 4.54. The third-order valence-electron chi connectivity index (χ3n) is 4.01. The molecule has 0 saturated carbocycles. The summed E-state index contributed by atoms with van der Waals surface area (Å²) in [7, 11) is 0. The summed E-state index contributed by atoms with van der Waals surface area (Å²) in [6.45, 7) is 1.23. The summed E-state index contributed by atoms with van der Waals surface area (Å²) in [5.74, 6) is -0.0406. The van der Waals surface area contributed by atoms with Crippen LogP contribution in [0.2, 0.25) is 0 Å². The number of nitrogens with one attached hydrogen (secondary N) is 2. The molecule has 116 valence electrons. The van der Waals surface area contributed by atoms with E-state index in [9.17, 15) is 4.79 Å². The van der Waals surface area contributed by atoms with Crippen LogP contribution in [-0.2, 0) is 13.0 Å². The fraction of sp³-hybridized carbons (Fsp3) is 0.188. The number of halogens is 1. The molecule has 2 N–H and O–H groups in total. The molecule has 0 fully saturated rings. The summed E-state index contributed by atoms with van der Waals surface area (Å²) in [6, 6.07) is 9.64. The topological polar surface area (TPSA) is 77.7 Å². The van der Waals surface area contributed by atoms with E-state index in [0.717, 1.165) is 33.5 Å². The van der Waals surface area contributed by atoms with Gasteiger partial charge >= 0.3 is 0 Å². The molecule has 0 saturated heterocycles. The monoisotopic (exact) mass is 371 g/mol. The zero-order valence-electron chi connectivity index (χ0n) is 12.2. The Labute approximate surface area is 141 Å². The van der Waals surface area contributed by atoms with Gasteiger partial charge in [0, 0.05) is 23.0 Å². The standard InChI is InChI=1S/C16H14BrN5O/c17-11-3-1-10(2-4-11)13-7-14(21-20-13)16(23)22-6-5-12-15(8-22)19-9-18-12/h1-4,7,9H,5-6,8H2,(H,18,19)(H,20,21). The molecule has 1 amide bonds. The van der Waals surface area contributed by atoms with Gasteiger partial charge in [-0.05, 0) is 18.2 Å². The molecule has 0 aliphatic carbocycles. The van der Waals surface area contributed by atoms with Crippen LogP contribution in [0.15, 0.2) is 41.1 Å². The summed E-state index contributed by atoms with van der Waals surface area (Å²) in [5, 5.41) is 7.11. The Morgan fingerprint density at radius 2 is 2.09 bits per heavy atom. The van der Waals surface area contributed by atoms with Crippen LogP contribution in [0.5, 0.6) is 0 Å². The summed E-state index contributed by atoms with van der Waals surface area (Å²) in [4.78, 5) is 21.8. The molecular formula is C16H14BrN5O. The molecule has 0 unspecified atom stereocenters. The van der Waals surface area contributed by atoms with E-state index in [1.165, 1.54) is 0 Å². The van der Waals surface area contributed by atoms with Crippen molar-refractivity contribution in [1.82, 2.24) is 25.1 Å². The molecule has 1 aliphatic rings. The highest BCUT2D eigenvalue weighted by Gasteiger charge is 2.24. The fourth-order valence-electron chi connectivity index (χ4n) is 2.76. The number of amides is 1. The molecule has 0 bridgehead atoms. The van der Waals surface area contributed by atoms with Crippen molar-refractivity contribution in [2.24, 2.45) is 0 Å². The normalized spacial score (nSPS) is 13.9. The van der Waals surface area contributed by atoms with Gasteiger partial charge < -0.3 is 9.88 Å². The lowest BCUT2D eigenvalue weighted by atomic mass is 10.1. The Kier molecular flexibility index (Phi) is 3.49. The first-order valence-corrected chi connectivity index (χ1v) is 8.12. The second-order valence-corrected chi connectivity index (χ2v) is 6.39. The van der Waals surface area contributed by atoms with Gasteiger partial charge in [0.05, 0.1) is 30.0 Å². The van der Waals surface area contributed by atoms with Crippen LogP contribution in [-0.4, -0.2) is 37.5 Å². The number of hydrogen-bond acceptors (Lipinski definition) is 3. The van der Waals surface area contributed by atoms with Crippen molar-refractivity contribution in [3.63, 3.8) is 0 Å². The number of rotatable bonds is 2. The van der Waals surface area contributed by atoms with E-state index >= 15 is 0 Å². The van der Waals surface area contributed by atoms with Gasteiger partial charge in [0.15, 0.2) is 0 Å². The van der Waals surface area contributed by atoms with Gasteiger partial charge in [-0.15, -0.1) is 0 Å². The number of carbonyl (C=O) groups is 1. The Hall–Kier alpha value is -2.41. The Balaban J connectivity index is 1.55. The van der Waals surface area contributed by atoms with Crippen LogP contribution in [0, 0.1) is 0 Å². The Bertz CT molecular complexity index is 851. The highest BCUT2D eigenvalue weighted by Crippen LogP contribution is 2.22. The number of nitrogens with zero attached hydrogens (tertiary/aromatic N) is 3. The molecule has 1 aliphatic heterocycles. The SMILES string of the molecule is O=C(c1cc(-c2ccc(Br)cc2)n[nH]1)N1CCc2nc[nH]c2C1. The number of fused-ring (bicyclic) bond motifs is 1. The molecule has 23 heavy (non-hydrogen) atoms. The lowest BCUT2D eigenvalue weighted by Gasteiger charge is -2.25. The van der Waals surface area contributed by atoms with Crippen molar-refractivity contribution < 1.29 is 4.79 Å². The first-order chi connectivity index (χ1) is 11.2. The zero-order valence-corrected chi connectivity index (χ0v) is 13.8. The van der Waals surface area contributed by atoms with Crippen molar-refractivity contribution in [3.05, 3.63) is 58.2 Å². The first-order valence-electron chi connectivity index (χ1n) is 7.32. The predicted octanol–water partition coefficient (Wildman–Crippen LogP) is 2.76. The minimum absolute atomic E-state index is 0.0406. The molecule has 4 rings (SSSR count). The van der Waals surface area contributed by atoms with Crippen LogP contribution in [0.4, 0.5) is 0 Å². The summed E-state index contributed by atoms with van der Waals surface area (Å²) < 4.78 is 1.01. The quantitative estimate of drug-likeness (QED) is 0.726. The second kappa shape index (κ2) is 5.66. The second-order valence-electron chi connectivity index (χ2n) is 5.48. The average Bonchev–Trinajstić information content (AvgIpc) is 3.23. The van der Waals surface area contributed by atoms with E-state index in [1.54, 1.807) is 17.3 Å². The van der Waals surface area contributed by atoms with Gasteiger partial charge in [0.2, 0.25) is 0 Å². The molecule has 0 spiro atoms. The van der Waals surface area contributed by atoms with Crippen molar-refractivity contribution in [2.75, 3.05) is 6.54 Å². The maximum atomic E-state index is 12.6. The van der Waals surface area contributed by atoms with Crippen LogP contribution >= 0.6 is 15.9 Å². The van der Waals surface area contributed by atoms with Crippen LogP contribution in [0.25, 0.3) is 11.3 Å². The molecule has 3 heterocycles. The summed E-state index contributed by atoms with van der Waals surface area (Å²) >= 11 is 3.41. The third kappa shape index (κ3) is 2.68. The maximum Gasteiger partial charge on any atom is 0.272 e. The minimum Gasteiger partial charge on any atom is -0.347 e. The van der Waals surface area contributed by atoms with Crippen LogP contribution in [0.1, 0.15) is 21.9 Å². The molecule has 3 aromatic rings. The van der Waals surface area contributed by atoms with Gasteiger partial charge in [0.1, 0.15) is 5.69 Å². The van der Waals surface area contributed by atoms with Crippen LogP contribution in [0.3, 0.4) is 0 Å². The van der Waals surface area contributed by atoms with Crippen molar-refractivity contribution in [2.45, 2.75) is 13.0 Å². The average molecular weight is 372 g/mol. The van der Waals surface area contributed by atoms with Gasteiger partial charge in [-0.25, -0.2) is 4.98 Å². The zero-order chi connectivity index (χ0) is 15.8. The Morgan fingerprint density at radius 1 is 1.26 bits per heavy atom. The number of hydrogen-bond donors (Lipinski definition) is 2. The first kappa shape index (κ1) is 14.2. The van der Waals surface area contributed by atoms with E-state index in [-0.39, 0.29) is 5.91 Å². The van der Waals surface area contributed by atoms with E-state index in [4.69, 9.17) is 0 Å². The molecule has 6 nitrogen and oxygen atoms in total. The molecule has 0 atom stereocenters. The predicted molar refractivity (Wildman–Crippen MR) is 88.8 cm³/mol. The summed E-state index contributed by atoms with van der Waals surface area (Å²) in [6.07, 6.45) is 2.46. The number of H-pyrrole nitrogens is 2. The molecule has 1 aromatic carbocycles. The highest BCUT2D eigenvalue weighted by molar-refractivity contribution is 9.10. The van der Waals surface area contributed by atoms with E-state index in [1.807, 2.05) is 24.3 Å². The lowest BCUT2D eigenvalue weighted by molar-refractivity contribution is 0.0726. The van der Waals surface area contributed by atoms with Crippen molar-refractivity contribution in [3.8, 4) is 11.3 Å². The lowest BCUT2D eigenvalue weighted by Crippen LogP contribution is -2.36. The highest BCUT2D eigenvalue weighted by atomic mass is 79.9. The van der Waals surface area contributed by atoms with Gasteiger partial charge in [-0.2, -0.15) is 5.10 Å².